The van der Waals surface area contributed by atoms with E-state index in [4.69, 9.17) is 4.74 Å². The largest absolute Gasteiger partial charge is 0.497 e. The zero-order valence-corrected chi connectivity index (χ0v) is 9.71. The highest BCUT2D eigenvalue weighted by atomic mass is 79.9. The number of ether oxygens (including phenoxy) is 1. The van der Waals surface area contributed by atoms with Crippen LogP contribution >= 0.6 is 15.9 Å². The number of aliphatic hydroxyl groups is 1. The van der Waals surface area contributed by atoms with E-state index >= 15 is 0 Å². The number of hydrogen-bond donors (Lipinski definition) is 1. The van der Waals surface area contributed by atoms with E-state index in [1.807, 2.05) is 6.08 Å². The lowest BCUT2D eigenvalue weighted by Crippen LogP contribution is -2.40. The van der Waals surface area contributed by atoms with E-state index in [2.05, 4.69) is 29.8 Å². The van der Waals surface area contributed by atoms with Gasteiger partial charge in [0.1, 0.15) is 5.76 Å². The van der Waals surface area contributed by atoms with Crippen LogP contribution in [-0.4, -0.2) is 22.6 Å². The van der Waals surface area contributed by atoms with Gasteiger partial charge in [-0.25, -0.2) is 0 Å². The molecule has 0 fully saturated rings. The van der Waals surface area contributed by atoms with Gasteiger partial charge in [0.15, 0.2) is 0 Å². The van der Waals surface area contributed by atoms with Crippen LogP contribution in [0.4, 0.5) is 0 Å². The normalized spacial score (nSPS) is 33.4. The molecular weight excluding hydrogens is 232 g/mol. The second kappa shape index (κ2) is 3.84. The van der Waals surface area contributed by atoms with Crippen molar-refractivity contribution < 1.29 is 9.84 Å². The summed E-state index contributed by atoms with van der Waals surface area (Å²) >= 11 is 3.55. The third-order valence-electron chi connectivity index (χ3n) is 2.38. The molecule has 1 N–H and O–H groups in total. The Balaban J connectivity index is 2.96. The topological polar surface area (TPSA) is 29.5 Å². The highest BCUT2D eigenvalue weighted by Crippen LogP contribution is 2.37. The second-order valence-corrected chi connectivity index (χ2v) is 4.91. The van der Waals surface area contributed by atoms with Gasteiger partial charge in [-0.05, 0) is 18.1 Å². The van der Waals surface area contributed by atoms with Crippen LogP contribution in [0, 0.1) is 5.92 Å². The summed E-state index contributed by atoms with van der Waals surface area (Å²) in [5.74, 6) is 1.09. The SMILES string of the molecule is COC1=CC(Br)(C(C)C)C(O)C=C1. The first-order chi connectivity index (χ1) is 6.00. The zero-order valence-electron chi connectivity index (χ0n) is 8.12. The molecular formula is C10H15BrO2. The smallest absolute Gasteiger partial charge is 0.116 e. The lowest BCUT2D eigenvalue weighted by Gasteiger charge is -2.34. The van der Waals surface area contributed by atoms with Crippen LogP contribution in [0.2, 0.25) is 0 Å². The van der Waals surface area contributed by atoms with Crippen molar-refractivity contribution in [1.29, 1.82) is 0 Å². The van der Waals surface area contributed by atoms with E-state index in [1.54, 1.807) is 19.3 Å². The van der Waals surface area contributed by atoms with Crippen molar-refractivity contribution in [3.8, 4) is 0 Å². The maximum absolute atomic E-state index is 9.78. The molecule has 0 bridgehead atoms. The van der Waals surface area contributed by atoms with Crippen LogP contribution in [0.15, 0.2) is 24.0 Å². The second-order valence-electron chi connectivity index (χ2n) is 3.54. The minimum atomic E-state index is -0.494. The lowest BCUT2D eigenvalue weighted by atomic mass is 9.86. The summed E-state index contributed by atoms with van der Waals surface area (Å²) in [5.41, 5.74) is 0. The molecule has 0 saturated carbocycles. The third-order valence-corrected chi connectivity index (χ3v) is 3.99. The Morgan fingerprint density at radius 3 is 2.69 bits per heavy atom. The average molecular weight is 247 g/mol. The van der Waals surface area contributed by atoms with Crippen LogP contribution in [0.5, 0.6) is 0 Å². The first-order valence-electron chi connectivity index (χ1n) is 4.32. The monoisotopic (exact) mass is 246 g/mol. The Hall–Kier alpha value is -0.280. The summed E-state index contributed by atoms with van der Waals surface area (Å²) in [6.45, 7) is 4.11. The number of halogens is 1. The van der Waals surface area contributed by atoms with E-state index in [1.165, 1.54) is 0 Å². The molecule has 2 atom stereocenters. The van der Waals surface area contributed by atoms with Gasteiger partial charge in [-0.2, -0.15) is 0 Å². The fourth-order valence-corrected chi connectivity index (χ4v) is 1.70. The molecule has 0 aromatic carbocycles. The molecule has 0 radical (unpaired) electrons. The van der Waals surface area contributed by atoms with Gasteiger partial charge in [0.05, 0.1) is 17.5 Å². The van der Waals surface area contributed by atoms with E-state index in [0.29, 0.717) is 5.92 Å². The Labute approximate surface area is 87.4 Å². The van der Waals surface area contributed by atoms with Gasteiger partial charge in [0.25, 0.3) is 0 Å². The molecule has 0 aliphatic heterocycles. The van der Waals surface area contributed by atoms with Gasteiger partial charge < -0.3 is 9.84 Å². The molecule has 0 heterocycles. The molecule has 1 rings (SSSR count). The van der Waals surface area contributed by atoms with Gasteiger partial charge in [0.2, 0.25) is 0 Å². The van der Waals surface area contributed by atoms with Crippen LogP contribution in [0.1, 0.15) is 13.8 Å². The molecule has 0 spiro atoms. The first kappa shape index (κ1) is 10.8. The highest BCUT2D eigenvalue weighted by Gasteiger charge is 2.37. The Morgan fingerprint density at radius 2 is 2.23 bits per heavy atom. The van der Waals surface area contributed by atoms with Gasteiger partial charge in [-0.15, -0.1) is 0 Å². The predicted molar refractivity (Wildman–Crippen MR) is 56.7 cm³/mol. The standard InChI is InChI=1S/C10H15BrO2/c1-7(2)10(11)6-8(13-3)4-5-9(10)12/h4-7,9,12H,1-3H3. The molecule has 0 aromatic heterocycles. The molecule has 2 nitrogen and oxygen atoms in total. The summed E-state index contributed by atoms with van der Waals surface area (Å²) in [6.07, 6.45) is 4.95. The molecule has 0 saturated heterocycles. The molecule has 0 aromatic rings. The molecule has 0 amide bonds. The Bertz CT molecular complexity index is 245. The molecule has 1 aliphatic carbocycles. The van der Waals surface area contributed by atoms with Crippen LogP contribution in [0.3, 0.4) is 0 Å². The Kier molecular flexibility index (Phi) is 3.19. The van der Waals surface area contributed by atoms with Gasteiger partial charge in [0, 0.05) is 0 Å². The summed E-state index contributed by atoms with van der Waals surface area (Å²) in [5, 5.41) is 9.78. The van der Waals surface area contributed by atoms with Crippen molar-refractivity contribution >= 4 is 15.9 Å². The number of methoxy groups -OCH3 is 1. The van der Waals surface area contributed by atoms with Gasteiger partial charge >= 0.3 is 0 Å². The quantitative estimate of drug-likeness (QED) is 0.758. The van der Waals surface area contributed by atoms with Gasteiger partial charge in [-0.3, -0.25) is 0 Å². The highest BCUT2D eigenvalue weighted by molar-refractivity contribution is 9.10. The zero-order chi connectivity index (χ0) is 10.1. The molecule has 2 unspecified atom stereocenters. The number of hydrogen-bond acceptors (Lipinski definition) is 2. The van der Waals surface area contributed by atoms with E-state index in [0.717, 1.165) is 5.76 Å². The molecule has 74 valence electrons. The van der Waals surface area contributed by atoms with Crippen molar-refractivity contribution in [3.63, 3.8) is 0 Å². The fraction of sp³-hybridized carbons (Fsp3) is 0.600. The van der Waals surface area contributed by atoms with E-state index < -0.39 is 10.4 Å². The number of aliphatic hydroxyl groups excluding tert-OH is 1. The summed E-state index contributed by atoms with van der Waals surface area (Å²) in [6, 6.07) is 0. The molecule has 3 heteroatoms. The number of allylic oxidation sites excluding steroid dienone is 1. The average Bonchev–Trinajstić information content (AvgIpc) is 2.09. The maximum atomic E-state index is 9.78. The van der Waals surface area contributed by atoms with Crippen molar-refractivity contribution in [3.05, 3.63) is 24.0 Å². The number of rotatable bonds is 2. The van der Waals surface area contributed by atoms with Crippen LogP contribution in [0.25, 0.3) is 0 Å². The lowest BCUT2D eigenvalue weighted by molar-refractivity contribution is 0.165. The summed E-state index contributed by atoms with van der Waals surface area (Å²) < 4.78 is 4.72. The van der Waals surface area contributed by atoms with Gasteiger partial charge in [-0.1, -0.05) is 35.9 Å². The van der Waals surface area contributed by atoms with Crippen molar-refractivity contribution in [2.75, 3.05) is 7.11 Å². The molecule has 13 heavy (non-hydrogen) atoms. The van der Waals surface area contributed by atoms with Crippen LogP contribution in [-0.2, 0) is 4.74 Å². The minimum absolute atomic E-state index is 0.303. The molecule has 1 aliphatic rings. The van der Waals surface area contributed by atoms with E-state index in [9.17, 15) is 5.11 Å². The fourth-order valence-electron chi connectivity index (χ4n) is 1.32. The predicted octanol–water partition coefficient (Wildman–Crippen LogP) is 2.24. The van der Waals surface area contributed by atoms with Crippen molar-refractivity contribution in [2.45, 2.75) is 24.3 Å². The van der Waals surface area contributed by atoms with Crippen molar-refractivity contribution in [2.24, 2.45) is 5.92 Å². The third kappa shape index (κ3) is 1.97. The van der Waals surface area contributed by atoms with Crippen molar-refractivity contribution in [1.82, 2.24) is 0 Å². The van der Waals surface area contributed by atoms with E-state index in [-0.39, 0.29) is 0 Å². The summed E-state index contributed by atoms with van der Waals surface area (Å²) in [7, 11) is 1.63. The maximum Gasteiger partial charge on any atom is 0.116 e. The Morgan fingerprint density at radius 1 is 1.62 bits per heavy atom. The first-order valence-corrected chi connectivity index (χ1v) is 5.12. The summed E-state index contributed by atoms with van der Waals surface area (Å²) in [4.78, 5) is 0. The number of alkyl halides is 1. The van der Waals surface area contributed by atoms with Crippen LogP contribution < -0.4 is 0 Å². The minimum Gasteiger partial charge on any atom is -0.497 e.